The largest absolute Gasteiger partial charge is 0.465 e. The van der Waals surface area contributed by atoms with Crippen molar-refractivity contribution >= 4 is 11.7 Å². The molecule has 19 heavy (non-hydrogen) atoms. The Balaban J connectivity index is 2.14. The molecule has 0 aliphatic rings. The zero-order chi connectivity index (χ0) is 13.7. The maximum Gasteiger partial charge on any atom is 0.339 e. The highest BCUT2D eigenvalue weighted by Gasteiger charge is 2.11. The Kier molecular flexibility index (Phi) is 4.18. The number of esters is 1. The molecule has 100 valence electrons. The molecule has 0 unspecified atom stereocenters. The van der Waals surface area contributed by atoms with Gasteiger partial charge in [0.25, 0.3) is 0 Å². The van der Waals surface area contributed by atoms with Crippen LogP contribution in [0, 0.1) is 0 Å². The second-order valence-electron chi connectivity index (χ2n) is 4.02. The number of imidazole rings is 1. The van der Waals surface area contributed by atoms with Crippen LogP contribution < -0.4 is 5.32 Å². The van der Waals surface area contributed by atoms with Crippen LogP contribution in [-0.2, 0) is 17.8 Å². The van der Waals surface area contributed by atoms with Gasteiger partial charge < -0.3 is 14.6 Å². The Labute approximate surface area is 112 Å². The van der Waals surface area contributed by atoms with Crippen molar-refractivity contribution < 1.29 is 9.53 Å². The SMILES string of the molecule is CCn1ccnc1CNc1ccccc1C(=O)OC. The summed E-state index contributed by atoms with van der Waals surface area (Å²) in [5.74, 6) is 0.587. The number of carbonyl (C=O) groups excluding carboxylic acids is 1. The van der Waals surface area contributed by atoms with Gasteiger partial charge in [-0.15, -0.1) is 0 Å². The number of para-hydroxylation sites is 1. The molecule has 2 aromatic rings. The smallest absolute Gasteiger partial charge is 0.339 e. The molecule has 0 aliphatic heterocycles. The lowest BCUT2D eigenvalue weighted by Gasteiger charge is -2.11. The van der Waals surface area contributed by atoms with Crippen LogP contribution in [0.25, 0.3) is 0 Å². The molecule has 2 rings (SSSR count). The zero-order valence-electron chi connectivity index (χ0n) is 11.1. The van der Waals surface area contributed by atoms with E-state index < -0.39 is 0 Å². The van der Waals surface area contributed by atoms with Crippen LogP contribution in [0.15, 0.2) is 36.7 Å². The van der Waals surface area contributed by atoms with Crippen molar-refractivity contribution in [1.29, 1.82) is 0 Å². The lowest BCUT2D eigenvalue weighted by Crippen LogP contribution is -2.11. The maximum absolute atomic E-state index is 11.6. The highest BCUT2D eigenvalue weighted by atomic mass is 16.5. The van der Waals surface area contributed by atoms with Gasteiger partial charge in [-0.1, -0.05) is 12.1 Å². The minimum Gasteiger partial charge on any atom is -0.465 e. The number of hydrogen-bond donors (Lipinski definition) is 1. The first kappa shape index (κ1) is 13.1. The third kappa shape index (κ3) is 2.93. The predicted octanol–water partition coefficient (Wildman–Crippen LogP) is 2.30. The maximum atomic E-state index is 11.6. The lowest BCUT2D eigenvalue weighted by molar-refractivity contribution is 0.0602. The Hall–Kier alpha value is -2.30. The van der Waals surface area contributed by atoms with Gasteiger partial charge in [-0.05, 0) is 19.1 Å². The average Bonchev–Trinajstić information content (AvgIpc) is 2.92. The van der Waals surface area contributed by atoms with Gasteiger partial charge in [0.1, 0.15) is 5.82 Å². The minimum absolute atomic E-state index is 0.345. The molecule has 5 nitrogen and oxygen atoms in total. The van der Waals surface area contributed by atoms with Gasteiger partial charge in [-0.3, -0.25) is 0 Å². The number of rotatable bonds is 5. The normalized spacial score (nSPS) is 10.2. The summed E-state index contributed by atoms with van der Waals surface area (Å²) in [6, 6.07) is 7.28. The molecular formula is C14H17N3O2. The van der Waals surface area contributed by atoms with Crippen LogP contribution in [0.1, 0.15) is 23.1 Å². The lowest BCUT2D eigenvalue weighted by atomic mass is 10.2. The summed E-state index contributed by atoms with van der Waals surface area (Å²) in [6.07, 6.45) is 3.70. The monoisotopic (exact) mass is 259 g/mol. The number of benzene rings is 1. The van der Waals surface area contributed by atoms with Crippen molar-refractivity contribution in [3.8, 4) is 0 Å². The van der Waals surface area contributed by atoms with E-state index in [1.807, 2.05) is 29.0 Å². The fraction of sp³-hybridized carbons (Fsp3) is 0.286. The van der Waals surface area contributed by atoms with E-state index in [2.05, 4.69) is 17.2 Å². The molecule has 0 atom stereocenters. The van der Waals surface area contributed by atoms with Crippen molar-refractivity contribution in [3.05, 3.63) is 48.0 Å². The molecule has 5 heteroatoms. The summed E-state index contributed by atoms with van der Waals surface area (Å²) in [5, 5.41) is 3.22. The number of nitrogens with one attached hydrogen (secondary N) is 1. The molecule has 1 aromatic carbocycles. The van der Waals surface area contributed by atoms with E-state index in [1.165, 1.54) is 7.11 Å². The van der Waals surface area contributed by atoms with Gasteiger partial charge in [0.05, 0.1) is 19.2 Å². The van der Waals surface area contributed by atoms with Crippen LogP contribution in [0.4, 0.5) is 5.69 Å². The third-order valence-electron chi connectivity index (χ3n) is 2.91. The van der Waals surface area contributed by atoms with Crippen molar-refractivity contribution in [2.75, 3.05) is 12.4 Å². The number of ether oxygens (including phenoxy) is 1. The number of nitrogens with zero attached hydrogens (tertiary/aromatic N) is 2. The highest BCUT2D eigenvalue weighted by molar-refractivity contribution is 5.95. The second-order valence-corrected chi connectivity index (χ2v) is 4.02. The fourth-order valence-electron chi connectivity index (χ4n) is 1.89. The zero-order valence-corrected chi connectivity index (χ0v) is 11.1. The molecule has 1 heterocycles. The number of aryl methyl sites for hydroxylation is 1. The van der Waals surface area contributed by atoms with E-state index in [0.29, 0.717) is 12.1 Å². The van der Waals surface area contributed by atoms with E-state index in [0.717, 1.165) is 18.1 Å². The number of carbonyl (C=O) groups is 1. The Morgan fingerprint density at radius 1 is 1.42 bits per heavy atom. The first-order chi connectivity index (χ1) is 9.26. The molecule has 0 spiro atoms. The van der Waals surface area contributed by atoms with Gasteiger partial charge in [-0.25, -0.2) is 9.78 Å². The molecule has 0 bridgehead atoms. The van der Waals surface area contributed by atoms with Crippen LogP contribution in [0.5, 0.6) is 0 Å². The van der Waals surface area contributed by atoms with E-state index in [9.17, 15) is 4.79 Å². The summed E-state index contributed by atoms with van der Waals surface area (Å²) in [7, 11) is 1.38. The van der Waals surface area contributed by atoms with Gasteiger partial charge in [0, 0.05) is 24.6 Å². The summed E-state index contributed by atoms with van der Waals surface area (Å²) in [6.45, 7) is 3.50. The van der Waals surface area contributed by atoms with Gasteiger partial charge in [0.15, 0.2) is 0 Å². The van der Waals surface area contributed by atoms with Crippen molar-refractivity contribution in [1.82, 2.24) is 9.55 Å². The number of anilines is 1. The van der Waals surface area contributed by atoms with Crippen LogP contribution >= 0.6 is 0 Å². The average molecular weight is 259 g/mol. The van der Waals surface area contributed by atoms with Gasteiger partial charge in [0.2, 0.25) is 0 Å². The molecule has 0 aliphatic carbocycles. The molecule has 0 saturated carbocycles. The fourth-order valence-corrected chi connectivity index (χ4v) is 1.89. The van der Waals surface area contributed by atoms with E-state index in [-0.39, 0.29) is 5.97 Å². The van der Waals surface area contributed by atoms with Gasteiger partial charge >= 0.3 is 5.97 Å². The first-order valence-electron chi connectivity index (χ1n) is 6.17. The molecule has 1 N–H and O–H groups in total. The Morgan fingerprint density at radius 2 is 2.21 bits per heavy atom. The summed E-state index contributed by atoms with van der Waals surface area (Å²) in [4.78, 5) is 15.9. The Morgan fingerprint density at radius 3 is 2.95 bits per heavy atom. The van der Waals surface area contributed by atoms with Gasteiger partial charge in [-0.2, -0.15) is 0 Å². The molecule has 0 amide bonds. The first-order valence-corrected chi connectivity index (χ1v) is 6.17. The number of methoxy groups -OCH3 is 1. The molecular weight excluding hydrogens is 242 g/mol. The standard InChI is InChI=1S/C14H17N3O2/c1-3-17-9-8-15-13(17)10-16-12-7-5-4-6-11(12)14(18)19-2/h4-9,16H,3,10H2,1-2H3. The minimum atomic E-state index is -0.345. The molecule has 0 fully saturated rings. The van der Waals surface area contributed by atoms with Crippen molar-refractivity contribution in [3.63, 3.8) is 0 Å². The molecule has 0 saturated heterocycles. The topological polar surface area (TPSA) is 56.2 Å². The quantitative estimate of drug-likeness (QED) is 0.837. The van der Waals surface area contributed by atoms with E-state index in [1.54, 1.807) is 12.3 Å². The van der Waals surface area contributed by atoms with Crippen LogP contribution in [-0.4, -0.2) is 22.6 Å². The molecule has 1 aromatic heterocycles. The summed E-state index contributed by atoms with van der Waals surface area (Å²) >= 11 is 0. The highest BCUT2D eigenvalue weighted by Crippen LogP contribution is 2.16. The summed E-state index contributed by atoms with van der Waals surface area (Å²) in [5.41, 5.74) is 1.28. The summed E-state index contributed by atoms with van der Waals surface area (Å²) < 4.78 is 6.81. The van der Waals surface area contributed by atoms with E-state index in [4.69, 9.17) is 4.74 Å². The van der Waals surface area contributed by atoms with Crippen LogP contribution in [0.2, 0.25) is 0 Å². The predicted molar refractivity (Wildman–Crippen MR) is 73.0 cm³/mol. The van der Waals surface area contributed by atoms with E-state index >= 15 is 0 Å². The van der Waals surface area contributed by atoms with Crippen LogP contribution in [0.3, 0.4) is 0 Å². The number of hydrogen-bond acceptors (Lipinski definition) is 4. The van der Waals surface area contributed by atoms with Crippen molar-refractivity contribution in [2.45, 2.75) is 20.0 Å². The number of aromatic nitrogens is 2. The second kappa shape index (κ2) is 6.04. The molecule has 0 radical (unpaired) electrons. The Bertz CT molecular complexity index is 563. The van der Waals surface area contributed by atoms with Crippen molar-refractivity contribution in [2.24, 2.45) is 0 Å². The third-order valence-corrected chi connectivity index (χ3v) is 2.91.